The van der Waals surface area contributed by atoms with Crippen molar-refractivity contribution < 1.29 is 13.9 Å². The van der Waals surface area contributed by atoms with E-state index in [0.29, 0.717) is 22.5 Å². The monoisotopic (exact) mass is 423 g/mol. The Labute approximate surface area is 178 Å². The van der Waals surface area contributed by atoms with Crippen molar-refractivity contribution >= 4 is 6.08 Å². The Morgan fingerprint density at radius 1 is 1.19 bits per heavy atom. The fraction of sp³-hybridized carbons (Fsp3) is 0.348. The van der Waals surface area contributed by atoms with Crippen LogP contribution < -0.4 is 5.32 Å². The number of aromatic nitrogens is 4. The number of benzene rings is 1. The molecule has 5 rings (SSSR count). The van der Waals surface area contributed by atoms with Crippen LogP contribution >= 0.6 is 0 Å². The Morgan fingerprint density at radius 3 is 2.71 bits per heavy atom. The number of nitrogens with zero attached hydrogens (tertiary/aromatic N) is 4. The molecule has 4 heterocycles. The van der Waals surface area contributed by atoms with E-state index in [1.54, 1.807) is 67.7 Å². The molecule has 31 heavy (non-hydrogen) atoms. The van der Waals surface area contributed by atoms with E-state index in [1.807, 2.05) is 6.07 Å². The fourth-order valence-electron chi connectivity index (χ4n) is 4.80. The molecule has 6 nitrogen and oxygen atoms in total. The second-order valence-corrected chi connectivity index (χ2v) is 8.89. The smallest absolute Gasteiger partial charge is 0.140 e. The highest BCUT2D eigenvalue weighted by Crippen LogP contribution is 2.47. The summed E-state index contributed by atoms with van der Waals surface area (Å²) >= 11 is 0. The van der Waals surface area contributed by atoms with Gasteiger partial charge in [0.2, 0.25) is 0 Å². The molecule has 160 valence electrons. The molecular formula is C23H23F2N5O. The predicted octanol–water partition coefficient (Wildman–Crippen LogP) is 4.01. The first-order chi connectivity index (χ1) is 14.8. The van der Waals surface area contributed by atoms with Gasteiger partial charge in [0.25, 0.3) is 0 Å². The number of alkyl halides is 2. The zero-order chi connectivity index (χ0) is 21.8. The number of halogens is 2. The molecule has 2 saturated heterocycles. The largest absolute Gasteiger partial charge is 0.507 e. The molecule has 0 aliphatic carbocycles. The molecule has 2 aliphatic heterocycles. The van der Waals surface area contributed by atoms with Crippen molar-refractivity contribution in [2.45, 2.75) is 50.1 Å². The summed E-state index contributed by atoms with van der Waals surface area (Å²) < 4.78 is 31.4. The van der Waals surface area contributed by atoms with E-state index in [0.717, 1.165) is 5.69 Å². The molecule has 8 heteroatoms. The topological polar surface area (TPSA) is 75.9 Å². The molecule has 2 N–H and O–H groups in total. The number of phenolic OH excluding ortho intramolecular Hbond substituents is 1. The van der Waals surface area contributed by atoms with Crippen molar-refractivity contribution in [3.63, 3.8) is 0 Å². The van der Waals surface area contributed by atoms with Crippen LogP contribution in [0.25, 0.3) is 23.0 Å². The quantitative estimate of drug-likeness (QED) is 0.666. The molecule has 2 bridgehead atoms. The van der Waals surface area contributed by atoms with Crippen LogP contribution in [0, 0.1) is 0 Å². The Hall–Kier alpha value is -3.13. The second-order valence-electron chi connectivity index (χ2n) is 8.89. The van der Waals surface area contributed by atoms with Crippen molar-refractivity contribution in [1.82, 2.24) is 24.8 Å². The van der Waals surface area contributed by atoms with Gasteiger partial charge in [-0.15, -0.1) is 0 Å². The third kappa shape index (κ3) is 3.31. The van der Waals surface area contributed by atoms with E-state index in [-0.39, 0.29) is 18.6 Å². The highest BCUT2D eigenvalue weighted by Gasteiger charge is 2.58. The van der Waals surface area contributed by atoms with Gasteiger partial charge in [-0.2, -0.15) is 0 Å². The number of aromatic hydroxyl groups is 1. The van der Waals surface area contributed by atoms with Gasteiger partial charge >= 0.3 is 0 Å². The maximum Gasteiger partial charge on any atom is 0.140 e. The van der Waals surface area contributed by atoms with Crippen molar-refractivity contribution in [2.75, 3.05) is 0 Å². The molecule has 0 radical (unpaired) electrons. The van der Waals surface area contributed by atoms with Crippen LogP contribution in [-0.4, -0.2) is 48.0 Å². The standard InChI is InChI=1S/C23H23F2N5O/c1-22-9-14(21(25)23(2,29-22)10-20(22)24)7-15-11-28-18(12-27-15)17-4-3-16(8-19(17)31)30-6-5-26-13-30/h3-8,11-13,20-21,29,31H,9-10H2,1-2H3/b14-7+/t20-,21-,22-,23-/m0/s1. The molecule has 2 fully saturated rings. The Kier molecular flexibility index (Phi) is 4.44. The van der Waals surface area contributed by atoms with Gasteiger partial charge in [0, 0.05) is 30.4 Å². The lowest BCUT2D eigenvalue weighted by Crippen LogP contribution is -2.58. The van der Waals surface area contributed by atoms with Gasteiger partial charge in [0.1, 0.15) is 18.1 Å². The molecule has 2 aliphatic rings. The van der Waals surface area contributed by atoms with Crippen molar-refractivity contribution in [3.05, 3.63) is 60.6 Å². The average molecular weight is 423 g/mol. The molecule has 1 aromatic carbocycles. The van der Waals surface area contributed by atoms with Crippen LogP contribution in [0.1, 0.15) is 32.4 Å². The Balaban J connectivity index is 1.41. The van der Waals surface area contributed by atoms with Crippen LogP contribution in [0.15, 0.2) is 54.9 Å². The molecule has 3 aromatic rings. The van der Waals surface area contributed by atoms with Crippen LogP contribution in [0.3, 0.4) is 0 Å². The Morgan fingerprint density at radius 2 is 2.03 bits per heavy atom. The number of hydrogen-bond donors (Lipinski definition) is 2. The molecule has 4 atom stereocenters. The minimum absolute atomic E-state index is 0.0696. The summed E-state index contributed by atoms with van der Waals surface area (Å²) in [5.41, 5.74) is 1.17. The van der Waals surface area contributed by atoms with Gasteiger partial charge in [0.05, 0.1) is 46.9 Å². The maximum atomic E-state index is 15.1. The van der Waals surface area contributed by atoms with E-state index >= 15 is 4.39 Å². The number of phenols is 1. The third-order valence-corrected chi connectivity index (χ3v) is 6.39. The number of hydrogen-bond acceptors (Lipinski definition) is 5. The highest BCUT2D eigenvalue weighted by atomic mass is 19.1. The number of fused-ring (bicyclic) bond motifs is 2. The minimum atomic E-state index is -1.29. The predicted molar refractivity (Wildman–Crippen MR) is 113 cm³/mol. The van der Waals surface area contributed by atoms with Gasteiger partial charge in [-0.05, 0) is 44.1 Å². The van der Waals surface area contributed by atoms with Gasteiger partial charge in [-0.3, -0.25) is 9.97 Å². The first-order valence-corrected chi connectivity index (χ1v) is 10.2. The van der Waals surface area contributed by atoms with Gasteiger partial charge in [-0.1, -0.05) is 0 Å². The summed E-state index contributed by atoms with van der Waals surface area (Å²) in [4.78, 5) is 12.8. The minimum Gasteiger partial charge on any atom is -0.507 e. The van der Waals surface area contributed by atoms with E-state index in [4.69, 9.17) is 0 Å². The van der Waals surface area contributed by atoms with E-state index in [2.05, 4.69) is 20.3 Å². The first kappa shape index (κ1) is 19.8. The fourth-order valence-corrected chi connectivity index (χ4v) is 4.80. The summed E-state index contributed by atoms with van der Waals surface area (Å²) in [6.45, 7) is 3.53. The first-order valence-electron chi connectivity index (χ1n) is 10.2. The normalized spacial score (nSPS) is 31.3. The zero-order valence-electron chi connectivity index (χ0n) is 17.3. The molecule has 2 aromatic heterocycles. The van der Waals surface area contributed by atoms with Crippen molar-refractivity contribution in [1.29, 1.82) is 0 Å². The highest BCUT2D eigenvalue weighted by molar-refractivity contribution is 5.68. The van der Waals surface area contributed by atoms with Crippen LogP contribution in [0.2, 0.25) is 0 Å². The average Bonchev–Trinajstić information content (AvgIpc) is 3.33. The van der Waals surface area contributed by atoms with E-state index < -0.39 is 23.4 Å². The SMILES string of the molecule is C[C@]12C/C(=C\c3cnc(-c4ccc(-n5ccnc5)cc4O)cn3)[C@H](F)[C@](C)(C[C@@H]1F)N2. The van der Waals surface area contributed by atoms with E-state index in [1.165, 1.54) is 0 Å². The zero-order valence-corrected chi connectivity index (χ0v) is 17.3. The van der Waals surface area contributed by atoms with Gasteiger partial charge in [-0.25, -0.2) is 13.8 Å². The number of imidazole rings is 1. The summed E-state index contributed by atoms with van der Waals surface area (Å²) in [5, 5.41) is 13.6. The van der Waals surface area contributed by atoms with Crippen molar-refractivity contribution in [2.24, 2.45) is 0 Å². The lowest BCUT2D eigenvalue weighted by molar-refractivity contribution is 0.151. The maximum absolute atomic E-state index is 15.1. The summed E-state index contributed by atoms with van der Waals surface area (Å²) in [6, 6.07) is 5.24. The van der Waals surface area contributed by atoms with Crippen LogP contribution in [0.5, 0.6) is 5.75 Å². The number of nitrogens with one attached hydrogen (secondary N) is 1. The lowest BCUT2D eigenvalue weighted by atomic mass is 9.82. The summed E-state index contributed by atoms with van der Waals surface area (Å²) in [5.74, 6) is 0.0696. The summed E-state index contributed by atoms with van der Waals surface area (Å²) in [6.07, 6.45) is 7.90. The molecule has 0 unspecified atom stereocenters. The van der Waals surface area contributed by atoms with Crippen LogP contribution in [0.4, 0.5) is 8.78 Å². The lowest BCUT2D eigenvalue weighted by Gasteiger charge is -2.41. The molecule has 0 amide bonds. The van der Waals surface area contributed by atoms with Crippen molar-refractivity contribution in [3.8, 4) is 22.7 Å². The van der Waals surface area contributed by atoms with Crippen LogP contribution in [-0.2, 0) is 0 Å². The molecule has 0 saturated carbocycles. The van der Waals surface area contributed by atoms with Gasteiger partial charge in [0.15, 0.2) is 0 Å². The second kappa shape index (κ2) is 6.95. The summed E-state index contributed by atoms with van der Waals surface area (Å²) in [7, 11) is 0. The molecule has 0 spiro atoms. The number of rotatable bonds is 3. The van der Waals surface area contributed by atoms with E-state index in [9.17, 15) is 9.50 Å². The molecular weight excluding hydrogens is 400 g/mol. The Bertz CT molecular complexity index is 1150. The van der Waals surface area contributed by atoms with Gasteiger partial charge < -0.3 is 15.0 Å². The third-order valence-electron chi connectivity index (χ3n) is 6.39. The number of piperidine rings is 1.